The van der Waals surface area contributed by atoms with Gasteiger partial charge in [-0.2, -0.15) is 0 Å². The van der Waals surface area contributed by atoms with Gasteiger partial charge < -0.3 is 9.64 Å². The Kier molecular flexibility index (Phi) is 3.92. The molecule has 0 aromatic heterocycles. The summed E-state index contributed by atoms with van der Waals surface area (Å²) in [5.41, 5.74) is 2.31. The number of benzene rings is 1. The van der Waals surface area contributed by atoms with Crippen molar-refractivity contribution in [1.82, 2.24) is 4.90 Å². The van der Waals surface area contributed by atoms with E-state index in [1.165, 1.54) is 18.4 Å². The summed E-state index contributed by atoms with van der Waals surface area (Å²) < 4.78 is 5.77. The van der Waals surface area contributed by atoms with Crippen molar-refractivity contribution in [2.45, 2.75) is 58.5 Å². The van der Waals surface area contributed by atoms with E-state index in [0.717, 1.165) is 30.1 Å². The van der Waals surface area contributed by atoms with Crippen molar-refractivity contribution in [1.29, 1.82) is 0 Å². The fourth-order valence-corrected chi connectivity index (χ4v) is 3.10. The Balaban J connectivity index is 1.61. The maximum absolute atomic E-state index is 12.6. The molecule has 0 bridgehead atoms. The van der Waals surface area contributed by atoms with Crippen molar-refractivity contribution in [3.63, 3.8) is 0 Å². The molecule has 2 saturated carbocycles. The number of amides is 1. The number of carbonyl (C=O) groups is 1. The van der Waals surface area contributed by atoms with Gasteiger partial charge in [0.25, 0.3) is 5.91 Å². The summed E-state index contributed by atoms with van der Waals surface area (Å²) in [6, 6.07) is 6.93. The predicted molar refractivity (Wildman–Crippen MR) is 83.5 cm³/mol. The van der Waals surface area contributed by atoms with E-state index in [-0.39, 0.29) is 12.5 Å². The van der Waals surface area contributed by atoms with Gasteiger partial charge in [0.05, 0.1) is 0 Å². The molecule has 2 fully saturated rings. The van der Waals surface area contributed by atoms with Gasteiger partial charge in [-0.1, -0.05) is 17.7 Å². The fraction of sp³-hybridized carbons (Fsp3) is 0.611. The molecule has 0 heterocycles. The van der Waals surface area contributed by atoms with Gasteiger partial charge in [-0.05, 0) is 64.0 Å². The minimum absolute atomic E-state index is 0.150. The first-order valence-electron chi connectivity index (χ1n) is 8.07. The minimum Gasteiger partial charge on any atom is -0.483 e. The topological polar surface area (TPSA) is 29.5 Å². The number of hydrogen-bond acceptors (Lipinski definition) is 2. The number of carbonyl (C=O) groups excluding carboxylic acids is 1. The third kappa shape index (κ3) is 3.39. The molecule has 114 valence electrons. The largest absolute Gasteiger partial charge is 0.483 e. The summed E-state index contributed by atoms with van der Waals surface area (Å²) >= 11 is 0. The lowest BCUT2D eigenvalue weighted by Gasteiger charge is -2.29. The maximum Gasteiger partial charge on any atom is 0.261 e. The van der Waals surface area contributed by atoms with Gasteiger partial charge >= 0.3 is 0 Å². The Hall–Kier alpha value is -1.51. The van der Waals surface area contributed by atoms with Gasteiger partial charge in [0, 0.05) is 12.1 Å². The number of ether oxygens (including phenoxy) is 1. The highest BCUT2D eigenvalue weighted by molar-refractivity contribution is 5.79. The first kappa shape index (κ1) is 14.4. The summed E-state index contributed by atoms with van der Waals surface area (Å²) in [5, 5.41) is 0. The fourth-order valence-electron chi connectivity index (χ4n) is 3.10. The first-order valence-corrected chi connectivity index (χ1v) is 8.07. The van der Waals surface area contributed by atoms with Crippen LogP contribution in [0.4, 0.5) is 0 Å². The molecule has 0 radical (unpaired) electrons. The zero-order valence-electron chi connectivity index (χ0n) is 13.3. The number of hydrogen-bond donors (Lipinski definition) is 0. The van der Waals surface area contributed by atoms with Crippen LogP contribution in [0.2, 0.25) is 0 Å². The molecule has 0 N–H and O–H groups in total. The lowest BCUT2D eigenvalue weighted by Crippen LogP contribution is -2.44. The van der Waals surface area contributed by atoms with Crippen LogP contribution in [0.1, 0.15) is 43.7 Å². The molecule has 0 aliphatic heterocycles. The number of nitrogens with zero attached hydrogens (tertiary/aromatic N) is 1. The van der Waals surface area contributed by atoms with E-state index >= 15 is 0 Å². The van der Waals surface area contributed by atoms with Gasteiger partial charge in [-0.25, -0.2) is 0 Å². The Morgan fingerprint density at radius 1 is 1.29 bits per heavy atom. The number of aryl methyl sites for hydroxylation is 2. The molecule has 3 nitrogen and oxygen atoms in total. The second-order valence-electron chi connectivity index (χ2n) is 6.67. The van der Waals surface area contributed by atoms with Crippen LogP contribution in [0, 0.1) is 19.8 Å². The van der Waals surface area contributed by atoms with E-state index in [1.807, 2.05) is 19.1 Å². The number of rotatable bonds is 6. The van der Waals surface area contributed by atoms with Crippen molar-refractivity contribution < 1.29 is 9.53 Å². The van der Waals surface area contributed by atoms with Crippen LogP contribution in [0.5, 0.6) is 5.75 Å². The smallest absolute Gasteiger partial charge is 0.261 e. The van der Waals surface area contributed by atoms with Crippen molar-refractivity contribution in [3.05, 3.63) is 29.3 Å². The molecule has 1 amide bonds. The monoisotopic (exact) mass is 287 g/mol. The van der Waals surface area contributed by atoms with E-state index in [1.54, 1.807) is 0 Å². The van der Waals surface area contributed by atoms with Crippen molar-refractivity contribution in [2.75, 3.05) is 6.61 Å². The average molecular weight is 287 g/mol. The molecule has 0 spiro atoms. The molecule has 2 aliphatic rings. The molecule has 21 heavy (non-hydrogen) atoms. The molecular formula is C18H25NO2. The van der Waals surface area contributed by atoms with Crippen LogP contribution in [-0.4, -0.2) is 29.5 Å². The van der Waals surface area contributed by atoms with Gasteiger partial charge in [0.2, 0.25) is 0 Å². The van der Waals surface area contributed by atoms with E-state index in [4.69, 9.17) is 4.74 Å². The Morgan fingerprint density at radius 3 is 2.57 bits per heavy atom. The van der Waals surface area contributed by atoms with Crippen LogP contribution < -0.4 is 4.74 Å². The van der Waals surface area contributed by atoms with Gasteiger partial charge in [0.15, 0.2) is 6.61 Å². The summed E-state index contributed by atoms with van der Waals surface area (Å²) in [5.74, 6) is 1.69. The molecule has 3 heteroatoms. The SMILES string of the molecule is Cc1ccc(OCC(=O)N(C2CC2)C(C)C2CC2)c(C)c1. The van der Waals surface area contributed by atoms with E-state index in [9.17, 15) is 4.79 Å². The van der Waals surface area contributed by atoms with E-state index < -0.39 is 0 Å². The molecule has 0 saturated heterocycles. The van der Waals surface area contributed by atoms with Crippen LogP contribution in [0.15, 0.2) is 18.2 Å². The van der Waals surface area contributed by atoms with Gasteiger partial charge in [-0.3, -0.25) is 4.79 Å². The molecule has 1 aromatic rings. The Labute approximate surface area is 127 Å². The van der Waals surface area contributed by atoms with Crippen LogP contribution in [0.25, 0.3) is 0 Å². The molecule has 1 aromatic carbocycles. The van der Waals surface area contributed by atoms with E-state index in [2.05, 4.69) is 24.8 Å². The third-order valence-corrected chi connectivity index (χ3v) is 4.65. The summed E-state index contributed by atoms with van der Waals surface area (Å²) in [4.78, 5) is 14.6. The molecule has 1 atom stereocenters. The van der Waals surface area contributed by atoms with Crippen LogP contribution >= 0.6 is 0 Å². The summed E-state index contributed by atoms with van der Waals surface area (Å²) in [6.45, 7) is 6.45. The lowest BCUT2D eigenvalue weighted by atomic mass is 10.1. The highest BCUT2D eigenvalue weighted by atomic mass is 16.5. The molecule has 2 aliphatic carbocycles. The Bertz CT molecular complexity index is 532. The van der Waals surface area contributed by atoms with Crippen LogP contribution in [0.3, 0.4) is 0 Å². The van der Waals surface area contributed by atoms with Crippen molar-refractivity contribution in [3.8, 4) is 5.75 Å². The lowest BCUT2D eigenvalue weighted by molar-refractivity contribution is -0.136. The second-order valence-corrected chi connectivity index (χ2v) is 6.67. The maximum atomic E-state index is 12.6. The normalized spacial score (nSPS) is 19.2. The standard InChI is InChI=1S/C18H25NO2/c1-12-4-9-17(13(2)10-12)21-11-18(20)19(16-7-8-16)14(3)15-5-6-15/h4,9-10,14-16H,5-8,11H2,1-3H3. The quantitative estimate of drug-likeness (QED) is 0.802. The van der Waals surface area contributed by atoms with Crippen molar-refractivity contribution >= 4 is 5.91 Å². The zero-order valence-corrected chi connectivity index (χ0v) is 13.3. The van der Waals surface area contributed by atoms with Gasteiger partial charge in [0.1, 0.15) is 5.75 Å². The highest BCUT2D eigenvalue weighted by Gasteiger charge is 2.41. The summed E-state index contributed by atoms with van der Waals surface area (Å²) in [6.07, 6.45) is 4.86. The first-order chi connectivity index (χ1) is 10.1. The highest BCUT2D eigenvalue weighted by Crippen LogP contribution is 2.39. The molecular weight excluding hydrogens is 262 g/mol. The van der Waals surface area contributed by atoms with Crippen molar-refractivity contribution in [2.24, 2.45) is 5.92 Å². The third-order valence-electron chi connectivity index (χ3n) is 4.65. The van der Waals surface area contributed by atoms with Crippen LogP contribution in [-0.2, 0) is 4.79 Å². The zero-order chi connectivity index (χ0) is 15.0. The predicted octanol–water partition coefficient (Wildman–Crippen LogP) is 3.47. The molecule has 1 unspecified atom stereocenters. The Morgan fingerprint density at radius 2 is 2.00 bits per heavy atom. The molecule has 3 rings (SSSR count). The second kappa shape index (κ2) is 5.70. The summed E-state index contributed by atoms with van der Waals surface area (Å²) in [7, 11) is 0. The minimum atomic E-state index is 0.150. The average Bonchev–Trinajstić information content (AvgIpc) is 3.29. The van der Waals surface area contributed by atoms with E-state index in [0.29, 0.717) is 12.1 Å². The van der Waals surface area contributed by atoms with Gasteiger partial charge in [-0.15, -0.1) is 0 Å².